The number of esters is 3. The number of tetrazole rings is 2. The SMILES string of the molecule is CC(C)NCc1cn(CC(=O)C[C@H]2Cc3cccc(C(=O)OCOC(=O)OC(C)C)c3OB2O)nn1.CC(C)OC(=O)OCOC(=O)c1cccc2c1OB(O)[C@@H](CC(=O)Cc1nnn(CCN(C)C)n1)C2.CC(C)OC(=O)OCOC(=O)c1cccc2c1OB(O)[C@@H](CC(=O)Cc1nnnn1CCN(C)C)C2. The van der Waals surface area contributed by atoms with Crippen LogP contribution in [0.4, 0.5) is 14.4 Å². The van der Waals surface area contributed by atoms with Gasteiger partial charge in [0.25, 0.3) is 0 Å². The van der Waals surface area contributed by atoms with Gasteiger partial charge in [-0.05, 0) is 140 Å². The molecule has 3 aliphatic rings. The molecule has 0 saturated heterocycles. The minimum atomic E-state index is -1.31. The first-order chi connectivity index (χ1) is 51.4. The summed E-state index contributed by atoms with van der Waals surface area (Å²) in [7, 11) is 3.82. The van der Waals surface area contributed by atoms with E-state index in [1.165, 1.54) is 27.7 Å². The van der Waals surface area contributed by atoms with Gasteiger partial charge in [0.05, 0.1) is 56.1 Å². The van der Waals surface area contributed by atoms with Gasteiger partial charge < -0.3 is 86.8 Å². The lowest BCUT2D eigenvalue weighted by molar-refractivity contribution is -0.120. The average molecular weight is 1510 g/mol. The molecule has 0 aliphatic carbocycles. The molecule has 6 aromatic rings. The third-order valence-corrected chi connectivity index (χ3v) is 15.8. The van der Waals surface area contributed by atoms with Crippen molar-refractivity contribution in [3.8, 4) is 17.2 Å². The first-order valence-electron chi connectivity index (χ1n) is 34.8. The van der Waals surface area contributed by atoms with Crippen LogP contribution in [0.1, 0.15) is 140 Å². The van der Waals surface area contributed by atoms with Gasteiger partial charge in [-0.3, -0.25) is 14.4 Å². The molecular formula is C67H91B3N14O24. The standard InChI is InChI=1S/C23H31BN4O8.2C22H30BN5O8/c1-14(2)25-10-18-11-28(27-26-18)12-19(29)9-17-8-16-6-5-7-20(21(16)36-24(17)32)22(30)33-13-34-23(31)35-15(3)4;1-14(2)35-22(31)34-13-33-21(30)18-7-5-6-15-10-16(23(32)36-20(15)18)11-17(29)12-19-24-25-26-28(19)9-8-27(3)4;1-14(2)35-22(31)34-13-33-21(30)18-7-5-6-15-10-16(23(32)36-20(15)18)11-17(29)12-19-24-26-28(25-19)9-8-27(3)4/h5-7,11,14-15,17,25,32H,8-10,12-13H2,1-4H3;2*5-7,14,16,32H,8-13H2,1-4H3/t17-;2*16-/m111/s1. The highest BCUT2D eigenvalue weighted by Crippen LogP contribution is 2.40. The number of rotatable bonds is 33. The molecule has 3 aliphatic heterocycles. The molecule has 0 amide bonds. The Balaban J connectivity index is 0.000000226. The maximum atomic E-state index is 12.7. The number of para-hydroxylation sites is 3. The van der Waals surface area contributed by atoms with Gasteiger partial charge in [-0.25, -0.2) is 38.1 Å². The Kier molecular flexibility index (Phi) is 32.6. The minimum absolute atomic E-state index is 0.0103. The first-order valence-corrected chi connectivity index (χ1v) is 34.8. The van der Waals surface area contributed by atoms with Crippen LogP contribution >= 0.6 is 0 Å². The Labute approximate surface area is 623 Å². The van der Waals surface area contributed by atoms with Gasteiger partial charge in [0, 0.05) is 62.4 Å². The lowest BCUT2D eigenvalue weighted by atomic mass is 9.64. The predicted octanol–water partition coefficient (Wildman–Crippen LogP) is 3.69. The third-order valence-electron chi connectivity index (χ3n) is 15.8. The third kappa shape index (κ3) is 27.4. The van der Waals surface area contributed by atoms with Crippen molar-refractivity contribution in [1.29, 1.82) is 0 Å². The van der Waals surface area contributed by atoms with Gasteiger partial charge in [0.1, 0.15) is 52.1 Å². The number of Topliss-reactive ketones (excluding diaryl/α,β-unsaturated/α-hetero) is 3. The number of carbonyl (C=O) groups excluding carboxylic acids is 9. The number of hydrogen-bond donors (Lipinski definition) is 4. The van der Waals surface area contributed by atoms with Crippen LogP contribution in [0.3, 0.4) is 0 Å². The molecule has 3 atom stereocenters. The summed E-state index contributed by atoms with van der Waals surface area (Å²) in [5, 5.41) is 66.5. The summed E-state index contributed by atoms with van der Waals surface area (Å²) >= 11 is 0. The van der Waals surface area contributed by atoms with E-state index >= 15 is 0 Å². The second-order valence-corrected chi connectivity index (χ2v) is 26.9. The summed E-state index contributed by atoms with van der Waals surface area (Å²) in [5.41, 5.74) is 2.86. The molecule has 582 valence electrons. The average Bonchev–Trinajstić information content (AvgIpc) is 0.926. The van der Waals surface area contributed by atoms with Crippen LogP contribution in [0, 0.1) is 0 Å². The Hall–Kier alpha value is -10.5. The van der Waals surface area contributed by atoms with E-state index in [2.05, 4.69) is 46.6 Å². The number of carbonyl (C=O) groups is 9. The normalized spacial score (nSPS) is 14.9. The van der Waals surface area contributed by atoms with E-state index in [1.54, 1.807) is 88.8 Å². The second kappa shape index (κ2) is 41.6. The molecule has 0 spiro atoms. The Morgan fingerprint density at radius 3 is 1.36 bits per heavy atom. The van der Waals surface area contributed by atoms with Crippen molar-refractivity contribution in [3.05, 3.63) is 112 Å². The van der Waals surface area contributed by atoms with Crippen molar-refractivity contribution < 1.29 is 115 Å². The van der Waals surface area contributed by atoms with Crippen molar-refractivity contribution in [2.45, 2.75) is 175 Å². The fourth-order valence-corrected chi connectivity index (χ4v) is 10.7. The van der Waals surface area contributed by atoms with E-state index in [1.807, 2.05) is 51.8 Å². The van der Waals surface area contributed by atoms with Crippen LogP contribution in [0.15, 0.2) is 60.8 Å². The molecule has 0 radical (unpaired) electrons. The molecule has 108 heavy (non-hydrogen) atoms. The van der Waals surface area contributed by atoms with Gasteiger partial charge in [-0.15, -0.1) is 20.4 Å². The molecule has 41 heteroatoms. The fourth-order valence-electron chi connectivity index (χ4n) is 10.7. The number of benzene rings is 3. The number of aromatic nitrogens is 11. The molecule has 38 nitrogen and oxygen atoms in total. The van der Waals surface area contributed by atoms with E-state index in [4.69, 9.17) is 56.6 Å². The van der Waals surface area contributed by atoms with Gasteiger partial charge >= 0.3 is 57.7 Å². The van der Waals surface area contributed by atoms with Crippen LogP contribution < -0.4 is 19.3 Å². The Bertz CT molecular complexity index is 3860. The van der Waals surface area contributed by atoms with Gasteiger partial charge in [0.15, 0.2) is 17.4 Å². The summed E-state index contributed by atoms with van der Waals surface area (Å²) in [4.78, 5) is 115. The van der Waals surface area contributed by atoms with Crippen molar-refractivity contribution in [1.82, 2.24) is 70.5 Å². The number of nitrogens with zero attached hydrogens (tertiary/aromatic N) is 13. The van der Waals surface area contributed by atoms with Crippen LogP contribution in [0.5, 0.6) is 17.2 Å². The van der Waals surface area contributed by atoms with E-state index < -0.39 is 95.6 Å². The maximum absolute atomic E-state index is 12.7. The highest BCUT2D eigenvalue weighted by molar-refractivity contribution is 6.48. The largest absolute Gasteiger partial charge is 0.535 e. The van der Waals surface area contributed by atoms with Gasteiger partial charge in [0.2, 0.25) is 20.4 Å². The molecule has 0 fully saturated rings. The monoisotopic (exact) mass is 1510 g/mol. The van der Waals surface area contributed by atoms with Crippen molar-refractivity contribution >= 4 is 75.1 Å². The highest BCUT2D eigenvalue weighted by atomic mass is 16.8. The van der Waals surface area contributed by atoms with Gasteiger partial charge in [-0.2, -0.15) is 4.80 Å². The number of likely N-dealkylation sites (N-methyl/N-ethyl adjacent to an activating group) is 2. The quantitative estimate of drug-likeness (QED) is 0.0197. The van der Waals surface area contributed by atoms with Crippen molar-refractivity contribution in [2.75, 3.05) is 61.7 Å². The summed E-state index contributed by atoms with van der Waals surface area (Å²) < 4.78 is 63.3. The van der Waals surface area contributed by atoms with Gasteiger partial charge in [-0.1, -0.05) is 55.5 Å². The van der Waals surface area contributed by atoms with Crippen molar-refractivity contribution in [2.24, 2.45) is 0 Å². The lowest BCUT2D eigenvalue weighted by Crippen LogP contribution is -2.36. The summed E-state index contributed by atoms with van der Waals surface area (Å²) in [5.74, 6) is -3.11. The zero-order valence-electron chi connectivity index (χ0n) is 62.3. The number of nitrogens with one attached hydrogen (secondary N) is 1. The maximum Gasteiger partial charge on any atom is 0.526 e. The lowest BCUT2D eigenvalue weighted by Gasteiger charge is -2.28. The van der Waals surface area contributed by atoms with Crippen LogP contribution in [0.25, 0.3) is 0 Å². The molecule has 6 heterocycles. The van der Waals surface area contributed by atoms with Crippen molar-refractivity contribution in [3.63, 3.8) is 0 Å². The predicted molar refractivity (Wildman–Crippen MR) is 377 cm³/mol. The Morgan fingerprint density at radius 1 is 0.528 bits per heavy atom. The van der Waals surface area contributed by atoms with Crippen LogP contribution in [-0.4, -0.2) is 241 Å². The van der Waals surface area contributed by atoms with Crippen LogP contribution in [0.2, 0.25) is 17.5 Å². The number of hydrogen-bond acceptors (Lipinski definition) is 35. The molecule has 3 aromatic heterocycles. The number of ketones is 3. The summed E-state index contributed by atoms with van der Waals surface area (Å²) in [6.07, 6.45) is -1.19. The van der Waals surface area contributed by atoms with E-state index in [-0.39, 0.29) is 108 Å². The number of ether oxygens (including phenoxy) is 9. The number of fused-ring (bicyclic) bond motifs is 3. The molecule has 3 aromatic carbocycles. The highest BCUT2D eigenvalue weighted by Gasteiger charge is 2.41. The molecule has 0 unspecified atom stereocenters. The molecule has 4 N–H and O–H groups in total. The topological polar surface area (TPSA) is 462 Å². The van der Waals surface area contributed by atoms with E-state index in [9.17, 15) is 58.2 Å². The molecule has 9 rings (SSSR count). The summed E-state index contributed by atoms with van der Waals surface area (Å²) in [6.45, 7) is 15.2. The molecule has 0 bridgehead atoms. The van der Waals surface area contributed by atoms with Crippen LogP contribution in [-0.2, 0) is 115 Å². The summed E-state index contributed by atoms with van der Waals surface area (Å²) in [6, 6.07) is 14.9. The molecular weight excluding hydrogens is 1420 g/mol. The molecule has 0 saturated carbocycles. The van der Waals surface area contributed by atoms with E-state index in [0.717, 1.165) is 18.8 Å². The first kappa shape index (κ1) is 84.8. The Morgan fingerprint density at radius 2 is 0.944 bits per heavy atom. The van der Waals surface area contributed by atoms with E-state index in [0.29, 0.717) is 73.3 Å². The minimum Gasteiger partial charge on any atom is -0.535 e. The smallest absolute Gasteiger partial charge is 0.526 e. The zero-order valence-corrected chi connectivity index (χ0v) is 62.3. The fraction of sp³-hybridized carbons (Fsp3) is 0.537. The second-order valence-electron chi connectivity index (χ2n) is 26.9. The zero-order chi connectivity index (χ0) is 78.7.